The summed E-state index contributed by atoms with van der Waals surface area (Å²) < 4.78 is 5.77. The molecule has 3 N–H and O–H groups in total. The van der Waals surface area contributed by atoms with Crippen LogP contribution in [0.3, 0.4) is 0 Å². The van der Waals surface area contributed by atoms with Crippen LogP contribution >= 0.6 is 0 Å². The minimum absolute atomic E-state index is 0.189. The van der Waals surface area contributed by atoms with Crippen molar-refractivity contribution < 1.29 is 9.53 Å². The Morgan fingerprint density at radius 2 is 1.62 bits per heavy atom. The Labute approximate surface area is 171 Å². The van der Waals surface area contributed by atoms with E-state index in [2.05, 4.69) is 17.2 Å². The maximum atomic E-state index is 12.4. The highest BCUT2D eigenvalue weighted by atomic mass is 16.5. The van der Waals surface area contributed by atoms with E-state index in [1.807, 2.05) is 60.7 Å². The first-order chi connectivity index (χ1) is 14.1. The van der Waals surface area contributed by atoms with Crippen LogP contribution in [-0.2, 0) is 24.2 Å². The molecule has 1 heterocycles. The topological polar surface area (TPSA) is 77.2 Å². The van der Waals surface area contributed by atoms with Crippen LogP contribution in [0.15, 0.2) is 73.1 Å². The second kappa shape index (κ2) is 10.4. The molecule has 0 aliphatic rings. The summed E-state index contributed by atoms with van der Waals surface area (Å²) in [6.07, 6.45) is 6.09. The zero-order valence-corrected chi connectivity index (χ0v) is 16.7. The Hall–Kier alpha value is -3.18. The molecule has 0 bridgehead atoms. The summed E-state index contributed by atoms with van der Waals surface area (Å²) in [4.78, 5) is 16.4. The van der Waals surface area contributed by atoms with Gasteiger partial charge in [0.2, 0.25) is 5.91 Å². The summed E-state index contributed by atoms with van der Waals surface area (Å²) in [6, 6.07) is 18.8. The molecule has 0 saturated carbocycles. The third kappa shape index (κ3) is 6.43. The van der Waals surface area contributed by atoms with Gasteiger partial charge in [-0.15, -0.1) is 0 Å². The Morgan fingerprint density at radius 1 is 0.966 bits per heavy atom. The second-order valence-corrected chi connectivity index (χ2v) is 7.03. The van der Waals surface area contributed by atoms with Crippen molar-refractivity contribution >= 4 is 11.6 Å². The van der Waals surface area contributed by atoms with Crippen molar-refractivity contribution in [2.75, 3.05) is 5.32 Å². The van der Waals surface area contributed by atoms with Gasteiger partial charge in [0, 0.05) is 18.1 Å². The summed E-state index contributed by atoms with van der Waals surface area (Å²) in [5.41, 5.74) is 10.2. The fourth-order valence-corrected chi connectivity index (χ4v) is 2.99. The first kappa shape index (κ1) is 20.6. The molecule has 2 aromatic carbocycles. The maximum Gasteiger partial charge on any atom is 0.241 e. The van der Waals surface area contributed by atoms with Gasteiger partial charge < -0.3 is 15.8 Å². The van der Waals surface area contributed by atoms with Crippen LogP contribution in [0.5, 0.6) is 5.75 Å². The number of amides is 1. The van der Waals surface area contributed by atoms with Crippen LogP contribution in [0.25, 0.3) is 0 Å². The van der Waals surface area contributed by atoms with E-state index in [1.165, 1.54) is 5.56 Å². The lowest BCUT2D eigenvalue weighted by Crippen LogP contribution is -2.37. The van der Waals surface area contributed by atoms with Gasteiger partial charge in [0.1, 0.15) is 12.4 Å². The quantitative estimate of drug-likeness (QED) is 0.577. The van der Waals surface area contributed by atoms with Crippen LogP contribution in [0.4, 0.5) is 5.69 Å². The minimum atomic E-state index is -0.617. The second-order valence-electron chi connectivity index (χ2n) is 7.03. The van der Waals surface area contributed by atoms with Crippen LogP contribution in [-0.4, -0.2) is 16.9 Å². The molecule has 1 aromatic heterocycles. The van der Waals surface area contributed by atoms with Crippen LogP contribution in [0.1, 0.15) is 30.0 Å². The number of nitrogens with zero attached hydrogens (tertiary/aromatic N) is 1. The number of anilines is 1. The van der Waals surface area contributed by atoms with Crippen LogP contribution in [0, 0.1) is 0 Å². The van der Waals surface area contributed by atoms with Crippen molar-refractivity contribution in [2.24, 2.45) is 5.73 Å². The number of carbonyl (C=O) groups excluding carboxylic acids is 1. The summed E-state index contributed by atoms with van der Waals surface area (Å²) in [5.74, 6) is 0.585. The number of rotatable bonds is 9. The van der Waals surface area contributed by atoms with Gasteiger partial charge in [0.25, 0.3) is 0 Å². The van der Waals surface area contributed by atoms with Crippen molar-refractivity contribution in [3.63, 3.8) is 0 Å². The molecular weight excluding hydrogens is 362 g/mol. The van der Waals surface area contributed by atoms with Gasteiger partial charge in [-0.05, 0) is 65.9 Å². The van der Waals surface area contributed by atoms with Crippen LogP contribution in [0.2, 0.25) is 0 Å². The molecule has 0 fully saturated rings. The normalized spacial score (nSPS) is 11.7. The number of ether oxygens (including phenoxy) is 1. The van der Waals surface area contributed by atoms with Crippen molar-refractivity contribution in [1.29, 1.82) is 0 Å². The molecule has 1 amide bonds. The molecule has 0 aliphatic heterocycles. The molecule has 0 aliphatic carbocycles. The Kier molecular flexibility index (Phi) is 7.36. The summed E-state index contributed by atoms with van der Waals surface area (Å²) >= 11 is 0. The van der Waals surface area contributed by atoms with Crippen molar-refractivity contribution in [3.05, 3.63) is 89.7 Å². The highest BCUT2D eigenvalue weighted by Crippen LogP contribution is 2.16. The Balaban J connectivity index is 1.49. The average molecular weight is 389 g/mol. The first-order valence-corrected chi connectivity index (χ1v) is 9.90. The van der Waals surface area contributed by atoms with Crippen LogP contribution < -0.4 is 15.8 Å². The zero-order valence-electron chi connectivity index (χ0n) is 16.7. The number of aromatic nitrogens is 1. The molecule has 3 rings (SSSR count). The van der Waals surface area contributed by atoms with Gasteiger partial charge in [-0.25, -0.2) is 0 Å². The third-order valence-electron chi connectivity index (χ3n) is 4.63. The number of aryl methyl sites for hydroxylation is 1. The number of hydrogen-bond acceptors (Lipinski definition) is 4. The number of nitrogens with two attached hydrogens (primary N) is 1. The van der Waals surface area contributed by atoms with Gasteiger partial charge in [-0.3, -0.25) is 9.78 Å². The SMILES string of the molecule is CCCc1ccc(NC(=O)[C@@H](N)Cc2ccc(OCc3ccncc3)cc2)cc1. The van der Waals surface area contributed by atoms with Gasteiger partial charge in [-0.2, -0.15) is 0 Å². The molecule has 1 atom stereocenters. The number of pyridine rings is 1. The van der Waals surface area contributed by atoms with Crippen molar-refractivity contribution in [3.8, 4) is 5.75 Å². The van der Waals surface area contributed by atoms with E-state index in [4.69, 9.17) is 10.5 Å². The van der Waals surface area contributed by atoms with E-state index in [1.54, 1.807) is 12.4 Å². The predicted molar refractivity (Wildman–Crippen MR) is 116 cm³/mol. The van der Waals surface area contributed by atoms with Gasteiger partial charge in [0.15, 0.2) is 0 Å². The molecule has 0 saturated heterocycles. The van der Waals surface area contributed by atoms with Crippen molar-refractivity contribution in [2.45, 2.75) is 38.8 Å². The van der Waals surface area contributed by atoms with E-state index in [-0.39, 0.29) is 5.91 Å². The number of benzene rings is 2. The lowest BCUT2D eigenvalue weighted by atomic mass is 10.1. The molecule has 0 unspecified atom stereocenters. The monoisotopic (exact) mass is 389 g/mol. The Morgan fingerprint density at radius 3 is 2.28 bits per heavy atom. The molecule has 0 spiro atoms. The number of carbonyl (C=O) groups is 1. The zero-order chi connectivity index (χ0) is 20.5. The lowest BCUT2D eigenvalue weighted by molar-refractivity contribution is -0.117. The molecule has 3 aromatic rings. The standard InChI is InChI=1S/C24H27N3O2/c1-2-3-18-4-8-21(9-5-18)27-24(28)23(25)16-19-6-10-22(11-7-19)29-17-20-12-14-26-15-13-20/h4-15,23H,2-3,16-17,25H2,1H3,(H,27,28)/t23-/m0/s1. The van der Waals surface area contributed by atoms with Crippen molar-refractivity contribution in [1.82, 2.24) is 4.98 Å². The molecule has 29 heavy (non-hydrogen) atoms. The minimum Gasteiger partial charge on any atom is -0.489 e. The third-order valence-corrected chi connectivity index (χ3v) is 4.63. The largest absolute Gasteiger partial charge is 0.489 e. The lowest BCUT2D eigenvalue weighted by Gasteiger charge is -2.13. The average Bonchev–Trinajstić information content (AvgIpc) is 2.75. The number of hydrogen-bond donors (Lipinski definition) is 2. The van der Waals surface area contributed by atoms with Gasteiger partial charge >= 0.3 is 0 Å². The fourth-order valence-electron chi connectivity index (χ4n) is 2.99. The number of nitrogens with one attached hydrogen (secondary N) is 1. The maximum absolute atomic E-state index is 12.4. The molecule has 150 valence electrons. The summed E-state index contributed by atoms with van der Waals surface area (Å²) in [7, 11) is 0. The Bertz CT molecular complexity index is 894. The summed E-state index contributed by atoms with van der Waals surface area (Å²) in [6.45, 7) is 2.63. The molecule has 5 heteroatoms. The summed E-state index contributed by atoms with van der Waals surface area (Å²) in [5, 5.41) is 2.89. The predicted octanol–water partition coefficient (Wildman–Crippen LogP) is 4.12. The molecule has 5 nitrogen and oxygen atoms in total. The highest BCUT2D eigenvalue weighted by Gasteiger charge is 2.14. The van der Waals surface area contributed by atoms with Gasteiger partial charge in [0.05, 0.1) is 6.04 Å². The van der Waals surface area contributed by atoms with E-state index < -0.39 is 6.04 Å². The highest BCUT2D eigenvalue weighted by molar-refractivity contribution is 5.94. The smallest absolute Gasteiger partial charge is 0.241 e. The van der Waals surface area contributed by atoms with Gasteiger partial charge in [-0.1, -0.05) is 37.6 Å². The molecule has 0 radical (unpaired) electrons. The van der Waals surface area contributed by atoms with E-state index in [0.717, 1.165) is 35.4 Å². The van der Waals surface area contributed by atoms with E-state index in [0.29, 0.717) is 13.0 Å². The van der Waals surface area contributed by atoms with E-state index in [9.17, 15) is 4.79 Å². The molecular formula is C24H27N3O2. The first-order valence-electron chi connectivity index (χ1n) is 9.90. The van der Waals surface area contributed by atoms with E-state index >= 15 is 0 Å². The fraction of sp³-hybridized carbons (Fsp3) is 0.250.